The smallest absolute Gasteiger partial charge is 0.181 e. The lowest BCUT2D eigenvalue weighted by molar-refractivity contribution is 0.571. The Morgan fingerprint density at radius 2 is 2.36 bits per heavy atom. The summed E-state index contributed by atoms with van der Waals surface area (Å²) in [6.45, 7) is 2.69. The molecular formula is C9H11N3OS. The lowest BCUT2D eigenvalue weighted by Crippen LogP contribution is -2.05. The van der Waals surface area contributed by atoms with Crippen LogP contribution in [0.1, 0.15) is 10.7 Å². The number of oxazole rings is 1. The van der Waals surface area contributed by atoms with Gasteiger partial charge in [-0.05, 0) is 14.0 Å². The molecule has 14 heavy (non-hydrogen) atoms. The monoisotopic (exact) mass is 209 g/mol. The first kappa shape index (κ1) is 9.36. The molecule has 0 spiro atoms. The van der Waals surface area contributed by atoms with E-state index in [2.05, 4.69) is 15.3 Å². The number of rotatable bonds is 3. The Balaban J connectivity index is 2.36. The predicted molar refractivity (Wildman–Crippen MR) is 55.1 cm³/mol. The molecular weight excluding hydrogens is 198 g/mol. The topological polar surface area (TPSA) is 51.0 Å². The number of hydrogen-bond acceptors (Lipinski definition) is 5. The molecule has 4 nitrogen and oxygen atoms in total. The maximum Gasteiger partial charge on any atom is 0.181 e. The van der Waals surface area contributed by atoms with Gasteiger partial charge in [-0.25, -0.2) is 9.97 Å². The number of thiazole rings is 1. The minimum Gasteiger partial charge on any atom is -0.442 e. The number of aromatic nitrogens is 2. The summed E-state index contributed by atoms with van der Waals surface area (Å²) in [5.41, 5.74) is 0.927. The van der Waals surface area contributed by atoms with Crippen LogP contribution in [0.3, 0.4) is 0 Å². The van der Waals surface area contributed by atoms with Crippen LogP contribution >= 0.6 is 11.3 Å². The van der Waals surface area contributed by atoms with Crippen molar-refractivity contribution in [1.29, 1.82) is 0 Å². The lowest BCUT2D eigenvalue weighted by Gasteiger charge is -1.95. The van der Waals surface area contributed by atoms with E-state index in [9.17, 15) is 0 Å². The van der Waals surface area contributed by atoms with Crippen LogP contribution < -0.4 is 5.32 Å². The summed E-state index contributed by atoms with van der Waals surface area (Å²) in [5.74, 6) is 0.824. The van der Waals surface area contributed by atoms with Gasteiger partial charge in [-0.2, -0.15) is 0 Å². The van der Waals surface area contributed by atoms with Crippen molar-refractivity contribution >= 4 is 11.3 Å². The summed E-state index contributed by atoms with van der Waals surface area (Å²) in [6.07, 6.45) is 3.29. The van der Waals surface area contributed by atoms with E-state index >= 15 is 0 Å². The molecule has 5 heteroatoms. The fourth-order valence-corrected chi connectivity index (χ4v) is 2.02. The highest BCUT2D eigenvalue weighted by Crippen LogP contribution is 2.28. The lowest BCUT2D eigenvalue weighted by atomic mass is 10.3. The van der Waals surface area contributed by atoms with Gasteiger partial charge in [-0.1, -0.05) is 0 Å². The summed E-state index contributed by atoms with van der Waals surface area (Å²) in [7, 11) is 1.89. The molecule has 2 aromatic rings. The fraction of sp³-hybridized carbons (Fsp3) is 0.333. The second kappa shape index (κ2) is 3.89. The molecule has 0 aromatic carbocycles. The maximum atomic E-state index is 5.34. The van der Waals surface area contributed by atoms with E-state index < -0.39 is 0 Å². The molecule has 2 heterocycles. The van der Waals surface area contributed by atoms with Crippen LogP contribution in [0.25, 0.3) is 10.6 Å². The zero-order valence-corrected chi connectivity index (χ0v) is 8.89. The van der Waals surface area contributed by atoms with Crippen LogP contribution in [0.15, 0.2) is 17.0 Å². The highest BCUT2D eigenvalue weighted by molar-refractivity contribution is 7.15. The molecule has 0 aliphatic rings. The van der Waals surface area contributed by atoms with Crippen molar-refractivity contribution in [2.45, 2.75) is 13.5 Å². The summed E-state index contributed by atoms with van der Waals surface area (Å²) >= 11 is 1.61. The van der Waals surface area contributed by atoms with Gasteiger partial charge in [-0.3, -0.25) is 0 Å². The third kappa shape index (κ3) is 1.69. The first-order valence-electron chi connectivity index (χ1n) is 4.31. The van der Waals surface area contributed by atoms with Gasteiger partial charge in [0.05, 0.1) is 9.88 Å². The number of aryl methyl sites for hydroxylation is 1. The second-order valence-electron chi connectivity index (χ2n) is 2.90. The highest BCUT2D eigenvalue weighted by atomic mass is 32.1. The number of nitrogens with zero attached hydrogens (tertiary/aromatic N) is 2. The van der Waals surface area contributed by atoms with Gasteiger partial charge in [-0.15, -0.1) is 11.3 Å². The van der Waals surface area contributed by atoms with Gasteiger partial charge in [0.2, 0.25) is 0 Å². The molecule has 0 unspecified atom stereocenters. The quantitative estimate of drug-likeness (QED) is 0.837. The summed E-state index contributed by atoms with van der Waals surface area (Å²) in [5, 5.41) is 4.08. The van der Waals surface area contributed by atoms with Crippen molar-refractivity contribution in [3.8, 4) is 10.6 Å². The van der Waals surface area contributed by atoms with E-state index in [1.807, 2.05) is 20.2 Å². The normalized spacial score (nSPS) is 10.7. The third-order valence-corrected chi connectivity index (χ3v) is 2.74. The molecule has 1 N–H and O–H groups in total. The average molecular weight is 209 g/mol. The van der Waals surface area contributed by atoms with Crippen LogP contribution in [0.5, 0.6) is 0 Å². The van der Waals surface area contributed by atoms with E-state index in [1.165, 1.54) is 6.39 Å². The standard InChI is InChI=1S/C9H11N3OS/c1-6-11-4-8(14-6)9-7(3-10-2)12-5-13-9/h4-5,10H,3H2,1-2H3. The zero-order chi connectivity index (χ0) is 9.97. The molecule has 74 valence electrons. The molecule has 0 fully saturated rings. The molecule has 0 atom stereocenters. The molecule has 2 aromatic heterocycles. The van der Waals surface area contributed by atoms with Gasteiger partial charge >= 0.3 is 0 Å². The van der Waals surface area contributed by atoms with Crippen molar-refractivity contribution in [1.82, 2.24) is 15.3 Å². The number of nitrogens with one attached hydrogen (secondary N) is 1. The van der Waals surface area contributed by atoms with E-state index in [0.717, 1.165) is 21.3 Å². The van der Waals surface area contributed by atoms with Gasteiger partial charge in [0, 0.05) is 12.7 Å². The Morgan fingerprint density at radius 1 is 1.50 bits per heavy atom. The second-order valence-corrected chi connectivity index (χ2v) is 4.14. The average Bonchev–Trinajstić information content (AvgIpc) is 2.74. The Labute approximate surface area is 86.0 Å². The highest BCUT2D eigenvalue weighted by Gasteiger charge is 2.11. The molecule has 0 aliphatic heterocycles. The van der Waals surface area contributed by atoms with Crippen molar-refractivity contribution in [3.63, 3.8) is 0 Å². The first-order valence-corrected chi connectivity index (χ1v) is 5.12. The molecule has 0 amide bonds. The number of hydrogen-bond donors (Lipinski definition) is 1. The minimum atomic E-state index is 0.711. The van der Waals surface area contributed by atoms with Crippen LogP contribution in [0.4, 0.5) is 0 Å². The molecule has 0 bridgehead atoms. The van der Waals surface area contributed by atoms with Crippen molar-refractivity contribution in [2.75, 3.05) is 7.05 Å². The summed E-state index contributed by atoms with van der Waals surface area (Å²) in [6, 6.07) is 0. The first-order chi connectivity index (χ1) is 6.81. The fourth-order valence-electron chi connectivity index (χ4n) is 1.23. The zero-order valence-electron chi connectivity index (χ0n) is 8.07. The Bertz CT molecular complexity index is 421. The Hall–Kier alpha value is -1.20. The van der Waals surface area contributed by atoms with Crippen molar-refractivity contribution in [2.24, 2.45) is 0 Å². The van der Waals surface area contributed by atoms with E-state index in [4.69, 9.17) is 4.42 Å². The van der Waals surface area contributed by atoms with Crippen LogP contribution in [-0.2, 0) is 6.54 Å². The van der Waals surface area contributed by atoms with Gasteiger partial charge in [0.15, 0.2) is 12.2 Å². The Kier molecular flexibility index (Phi) is 2.60. The van der Waals surface area contributed by atoms with Crippen LogP contribution in [0.2, 0.25) is 0 Å². The van der Waals surface area contributed by atoms with Gasteiger partial charge in [0.25, 0.3) is 0 Å². The summed E-state index contributed by atoms with van der Waals surface area (Å²) in [4.78, 5) is 9.36. The SMILES string of the molecule is CNCc1ncoc1-c1cnc(C)s1. The molecule has 0 saturated carbocycles. The molecule has 0 radical (unpaired) electrons. The summed E-state index contributed by atoms with van der Waals surface area (Å²) < 4.78 is 5.34. The van der Waals surface area contributed by atoms with Crippen LogP contribution in [0, 0.1) is 6.92 Å². The third-order valence-electron chi connectivity index (χ3n) is 1.83. The van der Waals surface area contributed by atoms with Gasteiger partial charge in [0.1, 0.15) is 5.69 Å². The Morgan fingerprint density at radius 3 is 3.00 bits per heavy atom. The predicted octanol–water partition coefficient (Wildman–Crippen LogP) is 1.83. The molecule has 0 saturated heterocycles. The van der Waals surface area contributed by atoms with Gasteiger partial charge < -0.3 is 9.73 Å². The molecule has 2 rings (SSSR count). The van der Waals surface area contributed by atoms with Crippen LogP contribution in [-0.4, -0.2) is 17.0 Å². The van der Waals surface area contributed by atoms with Crippen molar-refractivity contribution in [3.05, 3.63) is 23.3 Å². The van der Waals surface area contributed by atoms with Crippen molar-refractivity contribution < 1.29 is 4.42 Å². The molecule has 0 aliphatic carbocycles. The van der Waals surface area contributed by atoms with E-state index in [1.54, 1.807) is 11.3 Å². The van der Waals surface area contributed by atoms with E-state index in [-0.39, 0.29) is 0 Å². The largest absolute Gasteiger partial charge is 0.442 e. The minimum absolute atomic E-state index is 0.711. The maximum absolute atomic E-state index is 5.34. The van der Waals surface area contributed by atoms with E-state index in [0.29, 0.717) is 6.54 Å².